The maximum Gasteiger partial charge on any atom is 0.115 e. The highest BCUT2D eigenvalue weighted by Crippen LogP contribution is 2.31. The minimum Gasteiger partial charge on any atom is -0.353 e. The van der Waals surface area contributed by atoms with Gasteiger partial charge in [-0.3, -0.25) is 15.1 Å². The SMILES string of the molecule is C=CC=NC(=C\C)/C(C)=C/C=c1/[nH]nc(C(=C)Nc2cncc(-c3cccs3)c2C)c1=C. The molecule has 0 saturated heterocycles. The molecule has 0 aliphatic heterocycles. The van der Waals surface area contributed by atoms with Gasteiger partial charge in [0.1, 0.15) is 5.69 Å². The van der Waals surface area contributed by atoms with Crippen molar-refractivity contribution in [1.82, 2.24) is 15.2 Å². The van der Waals surface area contributed by atoms with Gasteiger partial charge >= 0.3 is 0 Å². The van der Waals surface area contributed by atoms with Crippen LogP contribution in [-0.2, 0) is 0 Å². The van der Waals surface area contributed by atoms with Gasteiger partial charge in [0, 0.05) is 28.1 Å². The lowest BCUT2D eigenvalue weighted by atomic mass is 10.1. The van der Waals surface area contributed by atoms with Gasteiger partial charge in [-0.05, 0) is 49.4 Å². The lowest BCUT2D eigenvalue weighted by molar-refractivity contribution is 1.05. The maximum atomic E-state index is 4.42. The van der Waals surface area contributed by atoms with E-state index in [1.54, 1.807) is 29.8 Å². The number of thiophene rings is 1. The van der Waals surface area contributed by atoms with Crippen LogP contribution in [0.3, 0.4) is 0 Å². The van der Waals surface area contributed by atoms with Crippen molar-refractivity contribution in [3.8, 4) is 10.4 Å². The van der Waals surface area contributed by atoms with Gasteiger partial charge in [-0.1, -0.05) is 44.0 Å². The molecule has 32 heavy (non-hydrogen) atoms. The average molecular weight is 442 g/mol. The van der Waals surface area contributed by atoms with E-state index >= 15 is 0 Å². The van der Waals surface area contributed by atoms with Gasteiger partial charge in [0.15, 0.2) is 0 Å². The standard InChI is InChI=1S/C26H27N5S/c1-7-13-28-22(8-2)17(3)11-12-23-19(5)26(31-30-23)20(6)29-24-16-27-15-21(18(24)4)25-10-9-14-32-25/h7-16,29-30H,1,5-6H2,2-4H3/b17-11+,22-8-,23-12+,28-13?. The third-order valence-electron chi connectivity index (χ3n) is 4.97. The fourth-order valence-electron chi connectivity index (χ4n) is 3.15. The Kier molecular flexibility index (Phi) is 7.52. The van der Waals surface area contributed by atoms with Gasteiger partial charge in [-0.15, -0.1) is 11.3 Å². The third-order valence-corrected chi connectivity index (χ3v) is 5.87. The van der Waals surface area contributed by atoms with Crippen LogP contribution in [0.4, 0.5) is 5.69 Å². The number of aliphatic imine (C=N–C) groups is 1. The Morgan fingerprint density at radius 3 is 2.81 bits per heavy atom. The van der Waals surface area contributed by atoms with E-state index in [1.165, 1.54) is 4.88 Å². The van der Waals surface area contributed by atoms with E-state index in [-0.39, 0.29) is 0 Å². The second kappa shape index (κ2) is 10.5. The highest BCUT2D eigenvalue weighted by Gasteiger charge is 2.11. The van der Waals surface area contributed by atoms with E-state index in [0.29, 0.717) is 11.4 Å². The molecule has 0 spiro atoms. The second-order valence-electron chi connectivity index (χ2n) is 7.11. The zero-order chi connectivity index (χ0) is 23.1. The molecule has 3 aromatic heterocycles. The highest BCUT2D eigenvalue weighted by molar-refractivity contribution is 7.13. The van der Waals surface area contributed by atoms with Gasteiger partial charge < -0.3 is 5.32 Å². The van der Waals surface area contributed by atoms with Crippen LogP contribution in [0, 0.1) is 6.92 Å². The van der Waals surface area contributed by atoms with Gasteiger partial charge in [0.2, 0.25) is 0 Å². The van der Waals surface area contributed by atoms with Crippen molar-refractivity contribution in [3.63, 3.8) is 0 Å². The number of pyridine rings is 1. The van der Waals surface area contributed by atoms with Crippen LogP contribution in [0.25, 0.3) is 28.8 Å². The van der Waals surface area contributed by atoms with E-state index in [2.05, 4.69) is 63.6 Å². The Balaban J connectivity index is 1.85. The average Bonchev–Trinajstić information content (AvgIpc) is 3.44. The minimum atomic E-state index is 0.657. The molecule has 5 nitrogen and oxygen atoms in total. The Morgan fingerprint density at radius 1 is 1.31 bits per heavy atom. The number of nitrogens with zero attached hydrogens (tertiary/aromatic N) is 3. The van der Waals surface area contributed by atoms with E-state index < -0.39 is 0 Å². The number of allylic oxidation sites excluding steroid dienone is 4. The van der Waals surface area contributed by atoms with E-state index in [1.807, 2.05) is 44.3 Å². The minimum absolute atomic E-state index is 0.657. The summed E-state index contributed by atoms with van der Waals surface area (Å²) in [5, 5.41) is 14.5. The summed E-state index contributed by atoms with van der Waals surface area (Å²) >= 11 is 1.69. The van der Waals surface area contributed by atoms with Crippen LogP contribution in [-0.4, -0.2) is 21.4 Å². The molecule has 6 heteroatoms. The Morgan fingerprint density at radius 2 is 2.12 bits per heavy atom. The summed E-state index contributed by atoms with van der Waals surface area (Å²) in [6.45, 7) is 18.1. The number of rotatable bonds is 8. The molecule has 0 bridgehead atoms. The summed E-state index contributed by atoms with van der Waals surface area (Å²) in [5.41, 5.74) is 6.33. The van der Waals surface area contributed by atoms with Crippen molar-refractivity contribution >= 4 is 41.6 Å². The van der Waals surface area contributed by atoms with E-state index in [0.717, 1.165) is 38.7 Å². The Bertz CT molecular complexity index is 1320. The van der Waals surface area contributed by atoms with Crippen molar-refractivity contribution in [2.75, 3.05) is 5.32 Å². The molecule has 0 fully saturated rings. The smallest absolute Gasteiger partial charge is 0.115 e. The summed E-state index contributed by atoms with van der Waals surface area (Å²) < 4.78 is 0. The monoisotopic (exact) mass is 441 g/mol. The molecule has 0 aliphatic rings. The normalized spacial score (nSPS) is 13.0. The fraction of sp³-hybridized carbons (Fsp3) is 0.115. The zero-order valence-corrected chi connectivity index (χ0v) is 19.5. The molecule has 0 aliphatic carbocycles. The number of hydrogen-bond acceptors (Lipinski definition) is 5. The number of aromatic amines is 1. The van der Waals surface area contributed by atoms with Gasteiger partial charge in [0.05, 0.1) is 28.6 Å². The van der Waals surface area contributed by atoms with Crippen molar-refractivity contribution in [2.24, 2.45) is 4.99 Å². The predicted octanol–water partition coefficient (Wildman–Crippen LogP) is 5.22. The molecule has 0 radical (unpaired) electrons. The van der Waals surface area contributed by atoms with E-state index in [9.17, 15) is 0 Å². The molecular formula is C26H27N5S. The predicted molar refractivity (Wildman–Crippen MR) is 139 cm³/mol. The first-order chi connectivity index (χ1) is 15.5. The molecule has 0 saturated carbocycles. The van der Waals surface area contributed by atoms with Crippen LogP contribution < -0.4 is 15.9 Å². The molecule has 0 atom stereocenters. The quantitative estimate of drug-likeness (QED) is 0.372. The van der Waals surface area contributed by atoms with Crippen LogP contribution >= 0.6 is 11.3 Å². The molecule has 0 aromatic carbocycles. The van der Waals surface area contributed by atoms with Crippen LogP contribution in [0.1, 0.15) is 25.1 Å². The second-order valence-corrected chi connectivity index (χ2v) is 8.06. The topological polar surface area (TPSA) is 66.0 Å². The van der Waals surface area contributed by atoms with Crippen molar-refractivity contribution in [3.05, 3.63) is 94.4 Å². The summed E-state index contributed by atoms with van der Waals surface area (Å²) in [6, 6.07) is 4.13. The molecular weight excluding hydrogens is 414 g/mol. The van der Waals surface area contributed by atoms with E-state index in [4.69, 9.17) is 0 Å². The zero-order valence-electron chi connectivity index (χ0n) is 18.6. The lowest BCUT2D eigenvalue weighted by Gasteiger charge is -2.12. The van der Waals surface area contributed by atoms with Crippen LogP contribution in [0.5, 0.6) is 0 Å². The molecule has 3 aromatic rings. The van der Waals surface area contributed by atoms with Crippen molar-refractivity contribution in [1.29, 1.82) is 0 Å². The third kappa shape index (κ3) is 5.10. The largest absolute Gasteiger partial charge is 0.353 e. The Labute approximate surface area is 192 Å². The summed E-state index contributed by atoms with van der Waals surface area (Å²) in [5.74, 6) is 0. The van der Waals surface area contributed by atoms with Gasteiger partial charge in [-0.2, -0.15) is 5.10 Å². The maximum absolute atomic E-state index is 4.42. The van der Waals surface area contributed by atoms with Crippen LogP contribution in [0.15, 0.2) is 77.6 Å². The summed E-state index contributed by atoms with van der Waals surface area (Å²) in [6.07, 6.45) is 12.9. The highest BCUT2D eigenvalue weighted by atomic mass is 32.1. The molecule has 2 N–H and O–H groups in total. The summed E-state index contributed by atoms with van der Waals surface area (Å²) in [7, 11) is 0. The Hall–Kier alpha value is -3.77. The summed E-state index contributed by atoms with van der Waals surface area (Å²) in [4.78, 5) is 9.94. The van der Waals surface area contributed by atoms with Crippen molar-refractivity contribution < 1.29 is 0 Å². The fourth-order valence-corrected chi connectivity index (χ4v) is 3.94. The van der Waals surface area contributed by atoms with Crippen molar-refractivity contribution in [2.45, 2.75) is 20.8 Å². The molecule has 3 heterocycles. The van der Waals surface area contributed by atoms with Gasteiger partial charge in [-0.25, -0.2) is 0 Å². The lowest BCUT2D eigenvalue weighted by Crippen LogP contribution is -2.23. The number of anilines is 1. The van der Waals surface area contributed by atoms with Gasteiger partial charge in [0.25, 0.3) is 0 Å². The first-order valence-electron chi connectivity index (χ1n) is 10.1. The van der Waals surface area contributed by atoms with Crippen LogP contribution in [0.2, 0.25) is 0 Å². The molecule has 0 unspecified atom stereocenters. The number of nitrogens with one attached hydrogen (secondary N) is 2. The number of hydrogen-bond donors (Lipinski definition) is 2. The first-order valence-corrected chi connectivity index (χ1v) is 11.0. The number of aromatic nitrogens is 3. The first kappa shape index (κ1) is 22.9. The molecule has 3 rings (SSSR count). The molecule has 162 valence electrons. The molecule has 0 amide bonds. The number of H-pyrrole nitrogens is 1.